The Morgan fingerprint density at radius 3 is 2.30 bits per heavy atom. The maximum atomic E-state index is 13.3. The number of ether oxygens (including phenoxy) is 1. The number of carbonyl (C=O) groups excluding carboxylic acids is 3. The van der Waals surface area contributed by atoms with Gasteiger partial charge in [-0.1, -0.05) is 74.5 Å². The van der Waals surface area contributed by atoms with E-state index in [9.17, 15) is 19.6 Å². The summed E-state index contributed by atoms with van der Waals surface area (Å²) in [6.07, 6.45) is 0.636. The van der Waals surface area contributed by atoms with Crippen molar-refractivity contribution in [3.05, 3.63) is 71.8 Å². The first kappa shape index (κ1) is 27.7. The van der Waals surface area contributed by atoms with Crippen LogP contribution in [0.1, 0.15) is 50.7 Å². The van der Waals surface area contributed by atoms with E-state index in [2.05, 4.69) is 16.7 Å². The standard InChI is InChI=1S/C29H36N4O4/c1-22(2)17-25(37-28(36)31-19-24-13-7-4-8-14-24)27(35)32-29(20-30)15-9-10-16-33(21-29)26(34)18-23-11-5-3-6-12-23/h3-8,11-14,22,25H,9-10,15-19,21H2,1-2H3,(H,31,36)(H,32,35). The highest BCUT2D eigenvalue weighted by Crippen LogP contribution is 2.23. The molecule has 1 saturated heterocycles. The van der Waals surface area contributed by atoms with E-state index in [4.69, 9.17) is 4.74 Å². The molecular weight excluding hydrogens is 468 g/mol. The van der Waals surface area contributed by atoms with E-state index >= 15 is 0 Å². The van der Waals surface area contributed by atoms with Gasteiger partial charge in [0.2, 0.25) is 5.91 Å². The number of hydrogen-bond donors (Lipinski definition) is 2. The minimum absolute atomic E-state index is 0.0776. The summed E-state index contributed by atoms with van der Waals surface area (Å²) in [5.74, 6) is -0.534. The van der Waals surface area contributed by atoms with E-state index in [0.29, 0.717) is 25.8 Å². The summed E-state index contributed by atoms with van der Waals surface area (Å²) in [5, 5.41) is 15.7. The number of nitriles is 1. The van der Waals surface area contributed by atoms with E-state index < -0.39 is 23.6 Å². The number of carbonyl (C=O) groups is 3. The summed E-state index contributed by atoms with van der Waals surface area (Å²) in [7, 11) is 0. The van der Waals surface area contributed by atoms with Gasteiger partial charge in [0.25, 0.3) is 5.91 Å². The third-order valence-electron chi connectivity index (χ3n) is 6.38. The third kappa shape index (κ3) is 8.64. The average Bonchev–Trinajstić information content (AvgIpc) is 3.11. The lowest BCUT2D eigenvalue weighted by Gasteiger charge is -2.33. The lowest BCUT2D eigenvalue weighted by atomic mass is 9.93. The molecule has 2 aromatic rings. The molecule has 196 valence electrons. The summed E-state index contributed by atoms with van der Waals surface area (Å²) >= 11 is 0. The molecule has 0 aromatic heterocycles. The highest BCUT2D eigenvalue weighted by Gasteiger charge is 2.39. The van der Waals surface area contributed by atoms with Crippen LogP contribution in [0.2, 0.25) is 0 Å². The average molecular weight is 505 g/mol. The van der Waals surface area contributed by atoms with Crippen LogP contribution in [0, 0.1) is 17.2 Å². The zero-order valence-corrected chi connectivity index (χ0v) is 21.6. The number of hydrogen-bond acceptors (Lipinski definition) is 5. The van der Waals surface area contributed by atoms with E-state index in [1.165, 1.54) is 0 Å². The summed E-state index contributed by atoms with van der Waals surface area (Å²) < 4.78 is 5.51. The number of benzene rings is 2. The van der Waals surface area contributed by atoms with Gasteiger partial charge in [0.15, 0.2) is 6.10 Å². The van der Waals surface area contributed by atoms with Crippen LogP contribution >= 0.6 is 0 Å². The largest absolute Gasteiger partial charge is 0.436 e. The van der Waals surface area contributed by atoms with Crippen LogP contribution in [0.3, 0.4) is 0 Å². The van der Waals surface area contributed by atoms with Crippen LogP contribution in [0.25, 0.3) is 0 Å². The summed E-state index contributed by atoms with van der Waals surface area (Å²) in [4.78, 5) is 40.5. The molecule has 3 amide bonds. The Bertz CT molecular complexity index is 1080. The van der Waals surface area contributed by atoms with Crippen LogP contribution in [0.15, 0.2) is 60.7 Å². The van der Waals surface area contributed by atoms with Gasteiger partial charge in [-0.25, -0.2) is 4.79 Å². The molecule has 1 heterocycles. The Morgan fingerprint density at radius 1 is 1.03 bits per heavy atom. The van der Waals surface area contributed by atoms with Crippen LogP contribution in [0.5, 0.6) is 0 Å². The highest BCUT2D eigenvalue weighted by molar-refractivity contribution is 5.85. The number of likely N-dealkylation sites (tertiary alicyclic amines) is 1. The zero-order chi connectivity index (χ0) is 26.7. The first-order valence-electron chi connectivity index (χ1n) is 12.8. The van der Waals surface area contributed by atoms with Gasteiger partial charge in [-0.15, -0.1) is 0 Å². The second-order valence-corrected chi connectivity index (χ2v) is 9.98. The quantitative estimate of drug-likeness (QED) is 0.537. The molecule has 2 aromatic carbocycles. The lowest BCUT2D eigenvalue weighted by molar-refractivity contribution is -0.134. The molecule has 0 spiro atoms. The van der Waals surface area contributed by atoms with Crippen molar-refractivity contribution < 1.29 is 19.1 Å². The van der Waals surface area contributed by atoms with Crippen molar-refractivity contribution >= 4 is 17.9 Å². The van der Waals surface area contributed by atoms with E-state index in [0.717, 1.165) is 17.5 Å². The second-order valence-electron chi connectivity index (χ2n) is 9.98. The van der Waals surface area contributed by atoms with Gasteiger partial charge in [0.05, 0.1) is 19.0 Å². The van der Waals surface area contributed by atoms with Crippen molar-refractivity contribution in [2.75, 3.05) is 13.1 Å². The molecule has 8 heteroatoms. The van der Waals surface area contributed by atoms with E-state index in [1.807, 2.05) is 74.5 Å². The van der Waals surface area contributed by atoms with Gasteiger partial charge >= 0.3 is 6.09 Å². The van der Waals surface area contributed by atoms with Crippen LogP contribution in [0.4, 0.5) is 4.79 Å². The maximum Gasteiger partial charge on any atom is 0.408 e. The van der Waals surface area contributed by atoms with Gasteiger partial charge in [-0.05, 0) is 42.7 Å². The molecule has 3 rings (SSSR count). The Labute approximate surface area is 219 Å². The fourth-order valence-corrected chi connectivity index (χ4v) is 4.42. The smallest absolute Gasteiger partial charge is 0.408 e. The van der Waals surface area contributed by atoms with Gasteiger partial charge in [0.1, 0.15) is 5.54 Å². The first-order valence-corrected chi connectivity index (χ1v) is 12.8. The topological polar surface area (TPSA) is 112 Å². The number of rotatable bonds is 9. The molecule has 8 nitrogen and oxygen atoms in total. The first-order chi connectivity index (χ1) is 17.8. The molecular formula is C29H36N4O4. The number of nitrogens with one attached hydrogen (secondary N) is 2. The van der Waals surface area contributed by atoms with Gasteiger partial charge in [0, 0.05) is 13.1 Å². The Hall–Kier alpha value is -3.86. The van der Waals surface area contributed by atoms with Gasteiger partial charge in [-0.2, -0.15) is 5.26 Å². The van der Waals surface area contributed by atoms with Crippen molar-refractivity contribution in [1.82, 2.24) is 15.5 Å². The Balaban J connectivity index is 1.66. The van der Waals surface area contributed by atoms with Crippen molar-refractivity contribution in [2.24, 2.45) is 5.92 Å². The molecule has 1 fully saturated rings. The summed E-state index contributed by atoms with van der Waals surface area (Å²) in [6, 6.07) is 21.1. The zero-order valence-electron chi connectivity index (χ0n) is 21.6. The molecule has 1 aliphatic heterocycles. The van der Waals surface area contributed by atoms with Crippen molar-refractivity contribution in [2.45, 2.75) is 64.1 Å². The second kappa shape index (κ2) is 13.4. The number of amides is 3. The fraction of sp³-hybridized carbons (Fsp3) is 0.448. The molecule has 2 unspecified atom stereocenters. The van der Waals surface area contributed by atoms with Gasteiger partial charge < -0.3 is 20.3 Å². The molecule has 0 aliphatic carbocycles. The van der Waals surface area contributed by atoms with Crippen molar-refractivity contribution in [3.8, 4) is 6.07 Å². The van der Waals surface area contributed by atoms with E-state index in [1.54, 1.807) is 4.90 Å². The van der Waals surface area contributed by atoms with Crippen LogP contribution in [-0.4, -0.2) is 47.5 Å². The van der Waals surface area contributed by atoms with Crippen LogP contribution in [-0.2, 0) is 27.3 Å². The van der Waals surface area contributed by atoms with Crippen LogP contribution < -0.4 is 10.6 Å². The highest BCUT2D eigenvalue weighted by atomic mass is 16.6. The monoisotopic (exact) mass is 504 g/mol. The number of alkyl carbamates (subject to hydrolysis) is 1. The maximum absolute atomic E-state index is 13.3. The molecule has 2 N–H and O–H groups in total. The Morgan fingerprint density at radius 2 is 1.68 bits per heavy atom. The third-order valence-corrected chi connectivity index (χ3v) is 6.38. The predicted octanol–water partition coefficient (Wildman–Crippen LogP) is 3.96. The minimum Gasteiger partial charge on any atom is -0.436 e. The summed E-state index contributed by atoms with van der Waals surface area (Å²) in [5.41, 5.74) is 0.556. The Kier molecular flexibility index (Phi) is 10.1. The minimum atomic E-state index is -1.25. The predicted molar refractivity (Wildman–Crippen MR) is 140 cm³/mol. The molecule has 2 atom stereocenters. The van der Waals surface area contributed by atoms with E-state index in [-0.39, 0.29) is 31.3 Å². The normalized spacial score (nSPS) is 18.3. The van der Waals surface area contributed by atoms with Gasteiger partial charge in [-0.3, -0.25) is 9.59 Å². The molecule has 0 bridgehead atoms. The fourth-order valence-electron chi connectivity index (χ4n) is 4.42. The molecule has 0 radical (unpaired) electrons. The molecule has 1 aliphatic rings. The van der Waals surface area contributed by atoms with Crippen molar-refractivity contribution in [1.29, 1.82) is 5.26 Å². The summed E-state index contributed by atoms with van der Waals surface area (Å²) in [6.45, 7) is 4.76. The van der Waals surface area contributed by atoms with Crippen molar-refractivity contribution in [3.63, 3.8) is 0 Å². The molecule has 0 saturated carbocycles. The SMILES string of the molecule is CC(C)CC(OC(=O)NCc1ccccc1)C(=O)NC1(C#N)CCCCN(C(=O)Cc2ccccc2)C1. The number of nitrogens with zero attached hydrogens (tertiary/aromatic N) is 2. The lowest BCUT2D eigenvalue weighted by Crippen LogP contribution is -2.57. The molecule has 37 heavy (non-hydrogen) atoms.